The third-order valence-corrected chi connectivity index (χ3v) is 7.70. The highest BCUT2D eigenvalue weighted by atomic mass is 31.2. The summed E-state index contributed by atoms with van der Waals surface area (Å²) in [5.74, 6) is 0.624. The van der Waals surface area contributed by atoms with E-state index in [0.29, 0.717) is 17.9 Å². The first-order chi connectivity index (χ1) is 12.2. The van der Waals surface area contributed by atoms with E-state index in [0.717, 1.165) is 10.6 Å². The third-order valence-electron chi connectivity index (χ3n) is 4.25. The largest absolute Gasteiger partial charge is 0.469 e. The molecule has 1 atom stereocenters. The van der Waals surface area contributed by atoms with E-state index in [-0.39, 0.29) is 0 Å². The predicted molar refractivity (Wildman–Crippen MR) is 101 cm³/mol. The van der Waals surface area contributed by atoms with E-state index < -0.39 is 12.8 Å². The molecule has 0 radical (unpaired) electrons. The van der Waals surface area contributed by atoms with E-state index >= 15 is 0 Å². The van der Waals surface area contributed by atoms with Crippen LogP contribution in [0.25, 0.3) is 0 Å². The van der Waals surface area contributed by atoms with Crippen LogP contribution in [0.5, 0.6) is 0 Å². The van der Waals surface area contributed by atoms with Crippen LogP contribution in [0.3, 0.4) is 0 Å². The van der Waals surface area contributed by atoms with Gasteiger partial charge in [0, 0.05) is 17.0 Å². The quantitative estimate of drug-likeness (QED) is 0.305. The van der Waals surface area contributed by atoms with Crippen molar-refractivity contribution in [3.05, 3.63) is 84.8 Å². The molecule has 1 aromatic heterocycles. The molecule has 3 aromatic rings. The number of benzene rings is 2. The van der Waals surface area contributed by atoms with Crippen molar-refractivity contribution in [1.82, 2.24) is 0 Å². The zero-order valence-corrected chi connectivity index (χ0v) is 14.8. The van der Waals surface area contributed by atoms with Crippen molar-refractivity contribution in [2.75, 3.05) is 0 Å². The van der Waals surface area contributed by atoms with Crippen LogP contribution < -0.4 is 10.6 Å². The molecule has 0 aliphatic heterocycles. The van der Waals surface area contributed by atoms with E-state index in [1.807, 2.05) is 66.7 Å². The Labute approximate surface area is 147 Å². The molecule has 1 unspecified atom stereocenters. The Morgan fingerprint density at radius 2 is 1.56 bits per heavy atom. The van der Waals surface area contributed by atoms with E-state index in [2.05, 4.69) is 5.16 Å². The summed E-state index contributed by atoms with van der Waals surface area (Å²) in [6.45, 7) is 1.72. The lowest BCUT2D eigenvalue weighted by atomic mass is 10.2. The summed E-state index contributed by atoms with van der Waals surface area (Å²) >= 11 is 0. The summed E-state index contributed by atoms with van der Waals surface area (Å²) in [5.41, 5.74) is 0.0664. The van der Waals surface area contributed by atoms with Gasteiger partial charge in [0.25, 0.3) is 0 Å². The molecule has 0 fully saturated rings. The Bertz CT molecular complexity index is 830. The van der Waals surface area contributed by atoms with E-state index in [1.165, 1.54) is 0 Å². The van der Waals surface area contributed by atoms with Gasteiger partial charge in [0.2, 0.25) is 0 Å². The Morgan fingerprint density at radius 3 is 2.00 bits per heavy atom. The summed E-state index contributed by atoms with van der Waals surface area (Å²) in [7, 11) is -3.08. The summed E-state index contributed by atoms with van der Waals surface area (Å²) in [6, 6.07) is 22.5. The highest BCUT2D eigenvalue weighted by Crippen LogP contribution is 2.58. The Morgan fingerprint density at radius 1 is 1.00 bits per heavy atom. The molecule has 128 valence electrons. The van der Waals surface area contributed by atoms with E-state index in [4.69, 9.17) is 9.62 Å². The monoisotopic (exact) mass is 353 g/mol. The first-order valence-corrected chi connectivity index (χ1v) is 9.85. The Balaban J connectivity index is 2.23. The normalized spacial score (nSPS) is 13.6. The summed E-state index contributed by atoms with van der Waals surface area (Å²) < 4.78 is 20.1. The van der Waals surface area contributed by atoms with E-state index in [9.17, 15) is 4.57 Å². The highest BCUT2D eigenvalue weighted by molar-refractivity contribution is 7.79. The maximum atomic E-state index is 14.5. The molecule has 0 aliphatic rings. The van der Waals surface area contributed by atoms with Gasteiger partial charge in [-0.2, -0.15) is 0 Å². The lowest BCUT2D eigenvalue weighted by Crippen LogP contribution is -2.22. The van der Waals surface area contributed by atoms with Gasteiger partial charge in [-0.1, -0.05) is 65.8 Å². The first-order valence-electron chi connectivity index (χ1n) is 8.08. The van der Waals surface area contributed by atoms with Crippen LogP contribution in [-0.4, -0.2) is 10.9 Å². The lowest BCUT2D eigenvalue weighted by molar-refractivity contribution is 0.317. The molecule has 0 aliphatic carbocycles. The van der Waals surface area contributed by atoms with Crippen molar-refractivity contribution < 1.29 is 14.2 Å². The molecule has 0 saturated heterocycles. The van der Waals surface area contributed by atoms with Crippen molar-refractivity contribution in [2.24, 2.45) is 5.16 Å². The van der Waals surface area contributed by atoms with Gasteiger partial charge in [-0.05, 0) is 19.1 Å². The second-order valence-corrected chi connectivity index (χ2v) is 8.87. The zero-order valence-electron chi connectivity index (χ0n) is 13.9. The standard InChI is InChI=1S/C20H20NO3P/c1-16(21-22)15-20(19-13-8-14-24-19)25(23,17-9-4-2-5-10-17)18-11-6-3-7-12-18/h2-14,20,22H,15H2,1H3/b21-16+. The maximum absolute atomic E-state index is 14.5. The van der Waals surface area contributed by atoms with Crippen LogP contribution >= 0.6 is 7.14 Å². The smallest absolute Gasteiger partial charge is 0.153 e. The topological polar surface area (TPSA) is 62.8 Å². The first kappa shape index (κ1) is 17.2. The number of rotatable bonds is 6. The molecule has 0 amide bonds. The Hall–Kier alpha value is -2.58. The van der Waals surface area contributed by atoms with Crippen molar-refractivity contribution in [3.63, 3.8) is 0 Å². The van der Waals surface area contributed by atoms with Gasteiger partial charge in [0.05, 0.1) is 17.6 Å². The molecule has 3 rings (SSSR count). The second-order valence-electron chi connectivity index (χ2n) is 5.90. The van der Waals surface area contributed by atoms with Crippen LogP contribution in [-0.2, 0) is 4.57 Å². The number of oxime groups is 1. The minimum Gasteiger partial charge on any atom is -0.469 e. The van der Waals surface area contributed by atoms with Gasteiger partial charge in [-0.3, -0.25) is 0 Å². The molecule has 4 nitrogen and oxygen atoms in total. The third kappa shape index (κ3) is 3.45. The van der Waals surface area contributed by atoms with Crippen LogP contribution in [0.15, 0.2) is 88.6 Å². The molecular weight excluding hydrogens is 333 g/mol. The Kier molecular flexibility index (Phi) is 5.20. The molecule has 0 saturated carbocycles. The number of hydrogen-bond acceptors (Lipinski definition) is 4. The second kappa shape index (κ2) is 7.54. The zero-order chi connectivity index (χ0) is 17.7. The molecule has 1 heterocycles. The fraction of sp³-hybridized carbons (Fsp3) is 0.150. The van der Waals surface area contributed by atoms with Gasteiger partial charge >= 0.3 is 0 Å². The molecular formula is C20H20NO3P. The van der Waals surface area contributed by atoms with Crippen molar-refractivity contribution in [1.29, 1.82) is 0 Å². The van der Waals surface area contributed by atoms with Crippen LogP contribution in [0.1, 0.15) is 24.8 Å². The molecule has 25 heavy (non-hydrogen) atoms. The minimum atomic E-state index is -3.08. The SMILES string of the molecule is C/C(CC(c1ccco1)P(=O)(c1ccccc1)c1ccccc1)=N\O. The lowest BCUT2D eigenvalue weighted by Gasteiger charge is -2.27. The number of hydrogen-bond donors (Lipinski definition) is 1. The molecule has 0 spiro atoms. The van der Waals surface area contributed by atoms with Crippen molar-refractivity contribution in [3.8, 4) is 0 Å². The molecule has 1 N–H and O–H groups in total. The van der Waals surface area contributed by atoms with Crippen molar-refractivity contribution >= 4 is 23.5 Å². The fourth-order valence-electron chi connectivity index (χ4n) is 3.02. The maximum Gasteiger partial charge on any atom is 0.153 e. The van der Waals surface area contributed by atoms with Gasteiger partial charge < -0.3 is 14.2 Å². The van der Waals surface area contributed by atoms with Gasteiger partial charge in [0.1, 0.15) is 5.76 Å². The molecule has 5 heteroatoms. The predicted octanol–water partition coefficient (Wildman–Crippen LogP) is 4.58. The van der Waals surface area contributed by atoms with Crippen LogP contribution in [0.2, 0.25) is 0 Å². The van der Waals surface area contributed by atoms with Gasteiger partial charge in [-0.25, -0.2) is 0 Å². The minimum absolute atomic E-state index is 0.338. The number of nitrogens with zero attached hydrogens (tertiary/aromatic N) is 1. The van der Waals surface area contributed by atoms with Crippen molar-refractivity contribution in [2.45, 2.75) is 19.0 Å². The summed E-state index contributed by atoms with van der Waals surface area (Å²) in [6.07, 6.45) is 1.92. The van der Waals surface area contributed by atoms with Crippen LogP contribution in [0, 0.1) is 0 Å². The van der Waals surface area contributed by atoms with E-state index in [1.54, 1.807) is 19.3 Å². The summed E-state index contributed by atoms with van der Waals surface area (Å²) in [4.78, 5) is 0. The van der Waals surface area contributed by atoms with Gasteiger partial charge in [-0.15, -0.1) is 0 Å². The average molecular weight is 353 g/mol. The highest BCUT2D eigenvalue weighted by Gasteiger charge is 2.39. The molecule has 0 bridgehead atoms. The number of furan rings is 1. The van der Waals surface area contributed by atoms with Crippen LogP contribution in [0.4, 0.5) is 0 Å². The summed E-state index contributed by atoms with van der Waals surface area (Å²) in [5, 5.41) is 14.0. The van der Waals surface area contributed by atoms with Gasteiger partial charge in [0.15, 0.2) is 7.14 Å². The molecule has 2 aromatic carbocycles. The fourth-order valence-corrected chi connectivity index (χ4v) is 6.29. The average Bonchev–Trinajstić information content (AvgIpc) is 3.21.